The number of hydrogen-bond donors (Lipinski definition) is 0. The first-order chi connectivity index (χ1) is 7.61. The van der Waals surface area contributed by atoms with E-state index in [4.69, 9.17) is 0 Å². The van der Waals surface area contributed by atoms with Gasteiger partial charge < -0.3 is 0 Å². The van der Waals surface area contributed by atoms with Gasteiger partial charge in [-0.1, -0.05) is 22.9 Å². The van der Waals surface area contributed by atoms with Gasteiger partial charge in [-0.3, -0.25) is 0 Å². The van der Waals surface area contributed by atoms with Crippen molar-refractivity contribution in [1.29, 1.82) is 0 Å². The predicted octanol–water partition coefficient (Wildman–Crippen LogP) is 4.97. The molecule has 17 heavy (non-hydrogen) atoms. The molecule has 0 N–H and O–H groups in total. The summed E-state index contributed by atoms with van der Waals surface area (Å²) in [6.07, 6.45) is -5.19. The van der Waals surface area contributed by atoms with Gasteiger partial charge in [0.25, 0.3) is 0 Å². The number of rotatable bonds is 2. The summed E-state index contributed by atoms with van der Waals surface area (Å²) in [6, 6.07) is 1.75. The molecule has 0 aliphatic carbocycles. The summed E-state index contributed by atoms with van der Waals surface area (Å²) in [5, 5.41) is 0. The summed E-state index contributed by atoms with van der Waals surface area (Å²) < 4.78 is 63.5. The topological polar surface area (TPSA) is 0 Å². The number of halogens is 6. The molecule has 0 unspecified atom stereocenters. The van der Waals surface area contributed by atoms with Crippen LogP contribution in [0.5, 0.6) is 0 Å². The zero-order valence-electron chi connectivity index (χ0n) is 9.13. The van der Waals surface area contributed by atoms with Gasteiger partial charge in [0.05, 0.1) is 0 Å². The molecule has 0 aliphatic rings. The van der Waals surface area contributed by atoms with Crippen molar-refractivity contribution >= 4 is 15.9 Å². The van der Waals surface area contributed by atoms with Crippen LogP contribution in [-0.4, -0.2) is 6.18 Å². The smallest absolute Gasteiger partial charge is 0.191 e. The first-order valence-electron chi connectivity index (χ1n) is 4.85. The first-order valence-corrected chi connectivity index (χ1v) is 5.64. The summed E-state index contributed by atoms with van der Waals surface area (Å²) in [4.78, 5) is 0. The molecule has 0 radical (unpaired) electrons. The van der Waals surface area contributed by atoms with Crippen LogP contribution in [0, 0.1) is 6.92 Å². The third-order valence-corrected chi connectivity index (χ3v) is 3.56. The van der Waals surface area contributed by atoms with Crippen molar-refractivity contribution < 1.29 is 22.0 Å². The minimum absolute atomic E-state index is 0.364. The zero-order valence-corrected chi connectivity index (χ0v) is 10.7. The van der Waals surface area contributed by atoms with E-state index in [1.165, 1.54) is 6.92 Å². The molecule has 0 bridgehead atoms. The summed E-state index contributed by atoms with van der Waals surface area (Å²) >= 11 is 3.17. The van der Waals surface area contributed by atoms with E-state index in [2.05, 4.69) is 15.9 Å². The molecular weight excluding hydrogens is 307 g/mol. The fourth-order valence-corrected chi connectivity index (χ4v) is 1.95. The Morgan fingerprint density at radius 1 is 1.12 bits per heavy atom. The van der Waals surface area contributed by atoms with Crippen molar-refractivity contribution in [1.82, 2.24) is 0 Å². The van der Waals surface area contributed by atoms with Crippen LogP contribution in [0.15, 0.2) is 16.6 Å². The van der Waals surface area contributed by atoms with Gasteiger partial charge in [-0.15, -0.1) is 0 Å². The summed E-state index contributed by atoms with van der Waals surface area (Å²) in [6.45, 7) is 3.17. The molecule has 1 aromatic rings. The largest absolute Gasteiger partial charge is 0.458 e. The van der Waals surface area contributed by atoms with Crippen molar-refractivity contribution in [3.05, 3.63) is 33.3 Å². The molecule has 0 saturated carbocycles. The first kappa shape index (κ1) is 14.4. The van der Waals surface area contributed by atoms with Gasteiger partial charge in [0, 0.05) is 10.0 Å². The lowest BCUT2D eigenvalue weighted by molar-refractivity contribution is -0.289. The lowest BCUT2D eigenvalue weighted by atomic mass is 10.0. The van der Waals surface area contributed by atoms with Crippen LogP contribution in [0.25, 0.3) is 0 Å². The molecule has 0 heterocycles. The average Bonchev–Trinajstić information content (AvgIpc) is 2.20. The highest BCUT2D eigenvalue weighted by Gasteiger charge is 2.58. The minimum atomic E-state index is -5.57. The molecule has 0 aliphatic heterocycles. The fourth-order valence-electron chi connectivity index (χ4n) is 1.44. The molecule has 0 nitrogen and oxygen atoms in total. The molecule has 1 rings (SSSR count). The Kier molecular flexibility index (Phi) is 3.86. The van der Waals surface area contributed by atoms with Crippen molar-refractivity contribution in [2.75, 3.05) is 0 Å². The highest BCUT2D eigenvalue weighted by molar-refractivity contribution is 9.10. The second-order valence-electron chi connectivity index (χ2n) is 3.69. The van der Waals surface area contributed by atoms with Crippen LogP contribution in [0.3, 0.4) is 0 Å². The number of hydrogen-bond acceptors (Lipinski definition) is 0. The summed E-state index contributed by atoms with van der Waals surface area (Å²) in [5.41, 5.74) is -0.213. The monoisotopic (exact) mass is 316 g/mol. The summed E-state index contributed by atoms with van der Waals surface area (Å²) in [5.74, 6) is -4.82. The van der Waals surface area contributed by atoms with Crippen LogP contribution in [0.4, 0.5) is 22.0 Å². The number of aryl methyl sites for hydroxylation is 2. The Morgan fingerprint density at radius 2 is 1.65 bits per heavy atom. The predicted molar refractivity (Wildman–Crippen MR) is 58.2 cm³/mol. The summed E-state index contributed by atoms with van der Waals surface area (Å²) in [7, 11) is 0. The number of benzene rings is 1. The maximum Gasteiger partial charge on any atom is 0.458 e. The van der Waals surface area contributed by atoms with E-state index in [1.54, 1.807) is 6.92 Å². The third kappa shape index (κ3) is 2.61. The van der Waals surface area contributed by atoms with Crippen molar-refractivity contribution in [3.8, 4) is 0 Å². The van der Waals surface area contributed by atoms with Gasteiger partial charge in [-0.05, 0) is 36.6 Å². The van der Waals surface area contributed by atoms with Gasteiger partial charge in [0.2, 0.25) is 0 Å². The number of alkyl halides is 5. The van der Waals surface area contributed by atoms with Gasteiger partial charge in [-0.2, -0.15) is 22.0 Å². The molecule has 0 fully saturated rings. The second kappa shape index (κ2) is 4.55. The lowest BCUT2D eigenvalue weighted by Gasteiger charge is -2.21. The van der Waals surface area contributed by atoms with Crippen LogP contribution in [-0.2, 0) is 12.3 Å². The Hall–Kier alpha value is -0.650. The van der Waals surface area contributed by atoms with E-state index >= 15 is 0 Å². The second-order valence-corrected chi connectivity index (χ2v) is 4.48. The molecule has 6 heteroatoms. The van der Waals surface area contributed by atoms with E-state index in [9.17, 15) is 22.0 Å². The maximum atomic E-state index is 13.2. The molecule has 0 spiro atoms. The highest BCUT2D eigenvalue weighted by Crippen LogP contribution is 2.45. The van der Waals surface area contributed by atoms with Gasteiger partial charge in [0.1, 0.15) is 0 Å². The van der Waals surface area contributed by atoms with Crippen LogP contribution >= 0.6 is 15.9 Å². The van der Waals surface area contributed by atoms with E-state index in [-0.39, 0.29) is 0 Å². The van der Waals surface area contributed by atoms with Crippen molar-refractivity contribution in [3.63, 3.8) is 0 Å². The molecule has 96 valence electrons. The normalized spacial score (nSPS) is 12.9. The highest BCUT2D eigenvalue weighted by atomic mass is 79.9. The molecule has 0 amide bonds. The average molecular weight is 317 g/mol. The van der Waals surface area contributed by atoms with Crippen molar-refractivity contribution in [2.24, 2.45) is 0 Å². The van der Waals surface area contributed by atoms with Gasteiger partial charge in [0.15, 0.2) is 0 Å². The van der Waals surface area contributed by atoms with Crippen LogP contribution in [0.1, 0.15) is 23.6 Å². The third-order valence-electron chi connectivity index (χ3n) is 2.43. The van der Waals surface area contributed by atoms with Crippen molar-refractivity contribution in [2.45, 2.75) is 32.4 Å². The van der Waals surface area contributed by atoms with E-state index < -0.39 is 17.7 Å². The zero-order chi connectivity index (χ0) is 13.4. The quantitative estimate of drug-likeness (QED) is 0.675. The van der Waals surface area contributed by atoms with Crippen LogP contribution < -0.4 is 0 Å². The lowest BCUT2D eigenvalue weighted by Crippen LogP contribution is -2.33. The fraction of sp³-hybridized carbons (Fsp3) is 0.455. The Balaban J connectivity index is 3.38. The van der Waals surface area contributed by atoms with E-state index in [0.29, 0.717) is 22.0 Å². The standard InChI is InChI=1S/C11H10BrF5/c1-3-7-5-8(4-6(2)9(7)12)10(13,14)11(15,16)17/h4-5H,3H2,1-2H3. The molecule has 1 aromatic carbocycles. The molecule has 0 atom stereocenters. The van der Waals surface area contributed by atoms with Gasteiger partial charge in [-0.25, -0.2) is 0 Å². The Bertz CT molecular complexity index is 423. The molecule has 0 aromatic heterocycles. The Labute approximate surface area is 104 Å². The van der Waals surface area contributed by atoms with E-state index in [1.807, 2.05) is 0 Å². The molecular formula is C11H10BrF5. The van der Waals surface area contributed by atoms with Crippen LogP contribution in [0.2, 0.25) is 0 Å². The maximum absolute atomic E-state index is 13.2. The molecule has 0 saturated heterocycles. The minimum Gasteiger partial charge on any atom is -0.191 e. The van der Waals surface area contributed by atoms with Gasteiger partial charge >= 0.3 is 12.1 Å². The van der Waals surface area contributed by atoms with E-state index in [0.717, 1.165) is 12.1 Å². The SMILES string of the molecule is CCc1cc(C(F)(F)C(F)(F)F)cc(C)c1Br. The Morgan fingerprint density at radius 3 is 2.06 bits per heavy atom.